The molecule has 2 rings (SSSR count). The molecule has 0 radical (unpaired) electrons. The molecule has 1 N–H and O–H groups in total. The second kappa shape index (κ2) is 6.43. The summed E-state index contributed by atoms with van der Waals surface area (Å²) in [5.41, 5.74) is 0.486. The molecule has 2 aromatic heterocycles. The first-order valence-corrected chi connectivity index (χ1v) is 8.18. The number of carbonyl (C=O) groups is 1. The first-order valence-electron chi connectivity index (χ1n) is 7.36. The standard InChI is InChI=1S/C16H22N2O2S/c1-5-7-18-8-6-12-14(16(18)20)13(11(4)21-12)15(19)17-9-10(2)3/h6,8,10H,5,7,9H2,1-4H3,(H,17,19). The maximum absolute atomic E-state index is 12.6. The lowest BCUT2D eigenvalue weighted by molar-refractivity contribution is 0.0950. The van der Waals surface area contributed by atoms with Gasteiger partial charge in [-0.25, -0.2) is 0 Å². The normalized spacial score (nSPS) is 11.3. The Morgan fingerprint density at radius 1 is 1.43 bits per heavy atom. The zero-order valence-corrected chi connectivity index (χ0v) is 13.8. The van der Waals surface area contributed by atoms with E-state index in [-0.39, 0.29) is 11.5 Å². The Balaban J connectivity index is 2.52. The van der Waals surface area contributed by atoms with Crippen molar-refractivity contribution >= 4 is 27.3 Å². The number of carbonyl (C=O) groups excluding carboxylic acids is 1. The minimum absolute atomic E-state index is 0.0617. The number of rotatable bonds is 5. The van der Waals surface area contributed by atoms with E-state index in [1.54, 1.807) is 4.57 Å². The van der Waals surface area contributed by atoms with Gasteiger partial charge in [0.05, 0.1) is 10.9 Å². The van der Waals surface area contributed by atoms with E-state index >= 15 is 0 Å². The third-order valence-corrected chi connectivity index (χ3v) is 4.42. The highest BCUT2D eigenvalue weighted by Crippen LogP contribution is 2.28. The number of pyridine rings is 1. The summed E-state index contributed by atoms with van der Waals surface area (Å²) in [5, 5.41) is 3.48. The Morgan fingerprint density at radius 3 is 2.76 bits per heavy atom. The second-order valence-corrected chi connectivity index (χ2v) is 6.95. The first-order chi connectivity index (χ1) is 9.95. The minimum Gasteiger partial charge on any atom is -0.352 e. The van der Waals surface area contributed by atoms with Crippen LogP contribution in [0, 0.1) is 12.8 Å². The van der Waals surface area contributed by atoms with Gasteiger partial charge >= 0.3 is 0 Å². The van der Waals surface area contributed by atoms with Gasteiger partial charge < -0.3 is 9.88 Å². The predicted octanol–water partition coefficient (Wildman–Crippen LogP) is 3.17. The summed E-state index contributed by atoms with van der Waals surface area (Å²) in [6.07, 6.45) is 2.71. The molecular formula is C16H22N2O2S. The molecule has 21 heavy (non-hydrogen) atoms. The van der Waals surface area contributed by atoms with Gasteiger partial charge in [0.1, 0.15) is 0 Å². The fourth-order valence-electron chi connectivity index (χ4n) is 2.34. The van der Waals surface area contributed by atoms with Crippen molar-refractivity contribution in [2.45, 2.75) is 40.7 Å². The Labute approximate surface area is 128 Å². The number of thiophene rings is 1. The molecule has 5 heteroatoms. The van der Waals surface area contributed by atoms with Crippen molar-refractivity contribution in [2.24, 2.45) is 5.92 Å². The lowest BCUT2D eigenvalue weighted by atomic mass is 10.1. The van der Waals surface area contributed by atoms with E-state index in [9.17, 15) is 9.59 Å². The number of nitrogens with one attached hydrogen (secondary N) is 1. The quantitative estimate of drug-likeness (QED) is 0.922. The molecule has 0 fully saturated rings. The van der Waals surface area contributed by atoms with Crippen LogP contribution in [0.25, 0.3) is 10.1 Å². The molecule has 0 unspecified atom stereocenters. The summed E-state index contributed by atoms with van der Waals surface area (Å²) in [6.45, 7) is 9.33. The summed E-state index contributed by atoms with van der Waals surface area (Å²) in [4.78, 5) is 25.9. The van der Waals surface area contributed by atoms with Crippen LogP contribution in [0.1, 0.15) is 42.4 Å². The Hall–Kier alpha value is -1.62. The van der Waals surface area contributed by atoms with Gasteiger partial charge in [0, 0.05) is 28.9 Å². The van der Waals surface area contributed by atoms with Crippen LogP contribution >= 0.6 is 11.3 Å². The van der Waals surface area contributed by atoms with E-state index < -0.39 is 0 Å². The van der Waals surface area contributed by atoms with Crippen molar-refractivity contribution in [3.05, 3.63) is 33.1 Å². The van der Waals surface area contributed by atoms with Crippen molar-refractivity contribution in [3.63, 3.8) is 0 Å². The van der Waals surface area contributed by atoms with Gasteiger partial charge in [0.15, 0.2) is 0 Å². The molecule has 0 saturated heterocycles. The molecule has 0 atom stereocenters. The summed E-state index contributed by atoms with van der Waals surface area (Å²) >= 11 is 1.51. The van der Waals surface area contributed by atoms with E-state index in [1.807, 2.05) is 40.0 Å². The van der Waals surface area contributed by atoms with Crippen molar-refractivity contribution in [1.29, 1.82) is 0 Å². The predicted molar refractivity (Wildman–Crippen MR) is 88.3 cm³/mol. The van der Waals surface area contributed by atoms with E-state index in [0.29, 0.717) is 30.0 Å². The van der Waals surface area contributed by atoms with Crippen LogP contribution in [0.15, 0.2) is 17.1 Å². The highest BCUT2D eigenvalue weighted by atomic mass is 32.1. The Morgan fingerprint density at radius 2 is 2.14 bits per heavy atom. The third-order valence-electron chi connectivity index (χ3n) is 3.35. The van der Waals surface area contributed by atoms with Gasteiger partial charge in [-0.05, 0) is 25.3 Å². The highest BCUT2D eigenvalue weighted by molar-refractivity contribution is 7.19. The second-order valence-electron chi connectivity index (χ2n) is 5.69. The molecule has 0 aliphatic rings. The van der Waals surface area contributed by atoms with Crippen LogP contribution < -0.4 is 10.9 Å². The Kier molecular flexibility index (Phi) is 4.83. The van der Waals surface area contributed by atoms with Crippen molar-refractivity contribution < 1.29 is 4.79 Å². The first kappa shape index (κ1) is 15.8. The highest BCUT2D eigenvalue weighted by Gasteiger charge is 2.19. The lowest BCUT2D eigenvalue weighted by Crippen LogP contribution is -2.29. The molecule has 0 bridgehead atoms. The molecule has 114 valence electrons. The molecular weight excluding hydrogens is 284 g/mol. The van der Waals surface area contributed by atoms with Gasteiger partial charge in [-0.3, -0.25) is 9.59 Å². The van der Waals surface area contributed by atoms with Crippen LogP contribution in [0.3, 0.4) is 0 Å². The van der Waals surface area contributed by atoms with Gasteiger partial charge in [-0.1, -0.05) is 20.8 Å². The van der Waals surface area contributed by atoms with Crippen LogP contribution in [0.4, 0.5) is 0 Å². The number of hydrogen-bond donors (Lipinski definition) is 1. The van der Waals surface area contributed by atoms with Gasteiger partial charge in [0.25, 0.3) is 11.5 Å². The molecule has 4 nitrogen and oxygen atoms in total. The fourth-order valence-corrected chi connectivity index (χ4v) is 3.39. The number of hydrogen-bond acceptors (Lipinski definition) is 3. The van der Waals surface area contributed by atoms with Gasteiger partial charge in [0.2, 0.25) is 0 Å². The number of amides is 1. The van der Waals surface area contributed by atoms with Gasteiger partial charge in [-0.2, -0.15) is 0 Å². The fraction of sp³-hybridized carbons (Fsp3) is 0.500. The molecule has 2 aromatic rings. The van der Waals surface area contributed by atoms with E-state index in [0.717, 1.165) is 16.0 Å². The molecule has 0 spiro atoms. The molecule has 0 aromatic carbocycles. The summed E-state index contributed by atoms with van der Waals surface area (Å²) < 4.78 is 2.58. The monoisotopic (exact) mass is 306 g/mol. The van der Waals surface area contributed by atoms with Crippen molar-refractivity contribution in [1.82, 2.24) is 9.88 Å². The maximum atomic E-state index is 12.6. The molecule has 2 heterocycles. The van der Waals surface area contributed by atoms with Crippen molar-refractivity contribution in [2.75, 3.05) is 6.54 Å². The molecule has 0 aliphatic heterocycles. The third kappa shape index (κ3) is 3.18. The van der Waals surface area contributed by atoms with Gasteiger partial charge in [-0.15, -0.1) is 11.3 Å². The largest absolute Gasteiger partial charge is 0.352 e. The van der Waals surface area contributed by atoms with Crippen LogP contribution in [-0.2, 0) is 6.54 Å². The number of nitrogens with zero attached hydrogens (tertiary/aromatic N) is 1. The zero-order valence-electron chi connectivity index (χ0n) is 13.0. The topological polar surface area (TPSA) is 51.1 Å². The van der Waals surface area contributed by atoms with E-state index in [1.165, 1.54) is 11.3 Å². The Bertz CT molecular complexity index is 713. The zero-order chi connectivity index (χ0) is 15.6. The number of fused-ring (bicyclic) bond motifs is 1. The van der Waals surface area contributed by atoms with Crippen LogP contribution in [0.2, 0.25) is 0 Å². The number of aromatic nitrogens is 1. The molecule has 0 aliphatic carbocycles. The summed E-state index contributed by atoms with van der Waals surface area (Å²) in [6, 6.07) is 1.93. The van der Waals surface area contributed by atoms with Crippen molar-refractivity contribution in [3.8, 4) is 0 Å². The lowest BCUT2D eigenvalue weighted by Gasteiger charge is -2.08. The minimum atomic E-state index is -0.140. The van der Waals surface area contributed by atoms with Crippen LogP contribution in [0.5, 0.6) is 0 Å². The molecule has 0 saturated carbocycles. The van der Waals surface area contributed by atoms with E-state index in [4.69, 9.17) is 0 Å². The maximum Gasteiger partial charge on any atom is 0.260 e. The average Bonchev–Trinajstić information content (AvgIpc) is 2.76. The molecule has 1 amide bonds. The smallest absolute Gasteiger partial charge is 0.260 e. The van der Waals surface area contributed by atoms with Crippen LogP contribution in [-0.4, -0.2) is 17.0 Å². The number of aryl methyl sites for hydroxylation is 2. The summed E-state index contributed by atoms with van der Waals surface area (Å²) in [5.74, 6) is 0.245. The average molecular weight is 306 g/mol. The SMILES string of the molecule is CCCn1ccc2sc(C)c(C(=O)NCC(C)C)c2c1=O. The summed E-state index contributed by atoms with van der Waals surface area (Å²) in [7, 11) is 0. The van der Waals surface area contributed by atoms with E-state index in [2.05, 4.69) is 5.32 Å².